The molecule has 5 heteroatoms. The average Bonchev–Trinajstić information content (AvgIpc) is 2.26. The molecule has 0 aliphatic heterocycles. The summed E-state index contributed by atoms with van der Waals surface area (Å²) in [5.41, 5.74) is 0. The van der Waals surface area contributed by atoms with Crippen LogP contribution in [0.3, 0.4) is 0 Å². The predicted molar refractivity (Wildman–Crippen MR) is 76.3 cm³/mol. The van der Waals surface area contributed by atoms with Crippen LogP contribution in [0.15, 0.2) is 0 Å². The molecule has 0 amide bonds. The molecule has 0 rings (SSSR count). The number of rotatable bonds is 11. The molecule has 0 spiro atoms. The first-order valence-electron chi connectivity index (χ1n) is 7.03. The Morgan fingerprint density at radius 2 is 1.28 bits per heavy atom. The summed E-state index contributed by atoms with van der Waals surface area (Å²) in [5, 5.41) is 0. The summed E-state index contributed by atoms with van der Waals surface area (Å²) in [6.07, 6.45) is -0.429. The summed E-state index contributed by atoms with van der Waals surface area (Å²) in [4.78, 5) is 0. The van der Waals surface area contributed by atoms with Crippen molar-refractivity contribution < 1.29 is 18.9 Å². The SMILES string of the molecule is CCOC(C)OC(OC(C)OCC)[SiH2]CC(C)C. The van der Waals surface area contributed by atoms with E-state index < -0.39 is 9.52 Å². The maximum absolute atomic E-state index is 5.80. The molecule has 0 aromatic rings. The van der Waals surface area contributed by atoms with Gasteiger partial charge in [0.15, 0.2) is 12.6 Å². The summed E-state index contributed by atoms with van der Waals surface area (Å²) in [7, 11) is -0.446. The van der Waals surface area contributed by atoms with Crippen LogP contribution < -0.4 is 0 Å². The first-order valence-corrected chi connectivity index (χ1v) is 8.85. The van der Waals surface area contributed by atoms with Gasteiger partial charge in [-0.05, 0) is 33.6 Å². The number of hydrogen-bond acceptors (Lipinski definition) is 4. The van der Waals surface area contributed by atoms with Gasteiger partial charge >= 0.3 is 0 Å². The molecule has 0 radical (unpaired) electrons. The summed E-state index contributed by atoms with van der Waals surface area (Å²) in [6, 6.07) is 1.20. The zero-order valence-corrected chi connectivity index (χ0v) is 14.2. The lowest BCUT2D eigenvalue weighted by molar-refractivity contribution is -0.255. The molecule has 0 bridgehead atoms. The van der Waals surface area contributed by atoms with Gasteiger partial charge in [-0.25, -0.2) is 0 Å². The zero-order valence-electron chi connectivity index (χ0n) is 12.8. The molecule has 110 valence electrons. The first-order chi connectivity index (χ1) is 8.49. The third kappa shape index (κ3) is 10.0. The van der Waals surface area contributed by atoms with E-state index in [1.54, 1.807) is 0 Å². The summed E-state index contributed by atoms with van der Waals surface area (Å²) in [6.45, 7) is 13.5. The number of hydrogen-bond donors (Lipinski definition) is 0. The fourth-order valence-corrected chi connectivity index (χ4v) is 3.37. The van der Waals surface area contributed by atoms with Crippen LogP contribution in [0.1, 0.15) is 41.5 Å². The number of ether oxygens (including phenoxy) is 4. The van der Waals surface area contributed by atoms with Crippen LogP contribution in [0.2, 0.25) is 6.04 Å². The highest BCUT2D eigenvalue weighted by Gasteiger charge is 2.18. The first kappa shape index (κ1) is 18.1. The average molecular weight is 278 g/mol. The molecule has 4 nitrogen and oxygen atoms in total. The molecule has 0 saturated carbocycles. The van der Waals surface area contributed by atoms with E-state index in [2.05, 4.69) is 13.8 Å². The summed E-state index contributed by atoms with van der Waals surface area (Å²) >= 11 is 0. The van der Waals surface area contributed by atoms with Gasteiger partial charge in [-0.3, -0.25) is 0 Å². The summed E-state index contributed by atoms with van der Waals surface area (Å²) in [5.74, 6) is 0.562. The van der Waals surface area contributed by atoms with E-state index in [9.17, 15) is 0 Å². The molecule has 0 saturated heterocycles. The molecular weight excluding hydrogens is 248 g/mol. The van der Waals surface area contributed by atoms with Crippen molar-refractivity contribution in [3.05, 3.63) is 0 Å². The van der Waals surface area contributed by atoms with Gasteiger partial charge in [0.1, 0.15) is 5.91 Å². The van der Waals surface area contributed by atoms with Crippen LogP contribution >= 0.6 is 0 Å². The predicted octanol–water partition coefficient (Wildman–Crippen LogP) is 2.31. The fourth-order valence-electron chi connectivity index (χ4n) is 1.61. The van der Waals surface area contributed by atoms with E-state index in [0.29, 0.717) is 19.1 Å². The van der Waals surface area contributed by atoms with Crippen molar-refractivity contribution in [3.8, 4) is 0 Å². The van der Waals surface area contributed by atoms with E-state index in [1.807, 2.05) is 27.7 Å². The Labute approximate surface area is 114 Å². The van der Waals surface area contributed by atoms with Crippen molar-refractivity contribution in [1.29, 1.82) is 0 Å². The van der Waals surface area contributed by atoms with Gasteiger partial charge < -0.3 is 18.9 Å². The smallest absolute Gasteiger partial charge is 0.157 e. The quantitative estimate of drug-likeness (QED) is 0.429. The maximum Gasteiger partial charge on any atom is 0.157 e. The van der Waals surface area contributed by atoms with E-state index in [1.165, 1.54) is 6.04 Å². The molecular formula is C13H30O4Si. The Kier molecular flexibility index (Phi) is 11.0. The third-order valence-electron chi connectivity index (χ3n) is 2.47. The Morgan fingerprint density at radius 3 is 1.61 bits per heavy atom. The summed E-state index contributed by atoms with van der Waals surface area (Å²) < 4.78 is 22.4. The Morgan fingerprint density at radius 1 is 0.833 bits per heavy atom. The second-order valence-corrected chi connectivity index (χ2v) is 6.54. The van der Waals surface area contributed by atoms with Gasteiger partial charge in [0.05, 0.1) is 9.52 Å². The van der Waals surface area contributed by atoms with Gasteiger partial charge in [-0.2, -0.15) is 0 Å². The second-order valence-electron chi connectivity index (χ2n) is 4.72. The van der Waals surface area contributed by atoms with Crippen LogP contribution in [0.25, 0.3) is 0 Å². The monoisotopic (exact) mass is 278 g/mol. The Hall–Kier alpha value is 0.0569. The van der Waals surface area contributed by atoms with Gasteiger partial charge in [0, 0.05) is 13.2 Å². The molecule has 0 aromatic heterocycles. The van der Waals surface area contributed by atoms with Crippen LogP contribution in [0, 0.1) is 5.92 Å². The standard InChI is InChI=1S/C13H30O4Si/c1-7-14-11(5)16-13(18-9-10(3)4)17-12(6)15-8-2/h10-13H,7-9,18H2,1-6H3. The lowest BCUT2D eigenvalue weighted by Crippen LogP contribution is -2.34. The lowest BCUT2D eigenvalue weighted by Gasteiger charge is -2.26. The molecule has 0 aliphatic rings. The van der Waals surface area contributed by atoms with E-state index in [4.69, 9.17) is 18.9 Å². The highest BCUT2D eigenvalue weighted by atomic mass is 28.2. The zero-order chi connectivity index (χ0) is 14.0. The fraction of sp³-hybridized carbons (Fsp3) is 1.00. The molecule has 2 unspecified atom stereocenters. The minimum atomic E-state index is -0.446. The van der Waals surface area contributed by atoms with Crippen LogP contribution in [-0.4, -0.2) is 41.2 Å². The third-order valence-corrected chi connectivity index (χ3v) is 4.81. The van der Waals surface area contributed by atoms with Crippen LogP contribution in [0.4, 0.5) is 0 Å². The van der Waals surface area contributed by atoms with Gasteiger partial charge in [0.25, 0.3) is 0 Å². The van der Waals surface area contributed by atoms with Crippen molar-refractivity contribution >= 4 is 9.52 Å². The van der Waals surface area contributed by atoms with Crippen molar-refractivity contribution in [3.63, 3.8) is 0 Å². The van der Waals surface area contributed by atoms with E-state index in [-0.39, 0.29) is 18.5 Å². The van der Waals surface area contributed by atoms with E-state index in [0.717, 1.165) is 0 Å². The van der Waals surface area contributed by atoms with Crippen LogP contribution in [0.5, 0.6) is 0 Å². The van der Waals surface area contributed by atoms with Gasteiger partial charge in [-0.15, -0.1) is 0 Å². The maximum atomic E-state index is 5.80. The molecule has 2 atom stereocenters. The Bertz CT molecular complexity index is 176. The van der Waals surface area contributed by atoms with Crippen molar-refractivity contribution in [2.24, 2.45) is 5.92 Å². The van der Waals surface area contributed by atoms with Crippen molar-refractivity contribution in [2.75, 3.05) is 13.2 Å². The van der Waals surface area contributed by atoms with Crippen LogP contribution in [-0.2, 0) is 18.9 Å². The lowest BCUT2D eigenvalue weighted by atomic mass is 10.3. The van der Waals surface area contributed by atoms with Gasteiger partial charge in [0.2, 0.25) is 0 Å². The van der Waals surface area contributed by atoms with Crippen molar-refractivity contribution in [2.45, 2.75) is 66.1 Å². The molecule has 18 heavy (non-hydrogen) atoms. The minimum absolute atomic E-state index is 0.129. The normalized spacial score (nSPS) is 17.5. The topological polar surface area (TPSA) is 36.9 Å². The molecule has 0 fully saturated rings. The second kappa shape index (κ2) is 10.9. The molecule has 0 N–H and O–H groups in total. The molecule has 0 aromatic carbocycles. The largest absolute Gasteiger partial charge is 0.353 e. The highest BCUT2D eigenvalue weighted by Crippen LogP contribution is 2.10. The Balaban J connectivity index is 4.14. The van der Waals surface area contributed by atoms with Crippen molar-refractivity contribution in [1.82, 2.24) is 0 Å². The molecule has 0 heterocycles. The van der Waals surface area contributed by atoms with Gasteiger partial charge in [-0.1, -0.05) is 19.9 Å². The van der Waals surface area contributed by atoms with E-state index >= 15 is 0 Å². The highest BCUT2D eigenvalue weighted by molar-refractivity contribution is 6.36. The molecule has 0 aliphatic carbocycles. The minimum Gasteiger partial charge on any atom is -0.353 e.